The lowest BCUT2D eigenvalue weighted by atomic mass is 10.1. The third-order valence-corrected chi connectivity index (χ3v) is 7.32. The van der Waals surface area contributed by atoms with Gasteiger partial charge in [-0.3, -0.25) is 19.4 Å². The Morgan fingerprint density at radius 1 is 1.02 bits per heavy atom. The van der Waals surface area contributed by atoms with Crippen molar-refractivity contribution in [2.75, 3.05) is 38.8 Å². The first-order valence-electron chi connectivity index (χ1n) is 13.6. The van der Waals surface area contributed by atoms with Gasteiger partial charge in [0.15, 0.2) is 0 Å². The summed E-state index contributed by atoms with van der Waals surface area (Å²) >= 11 is 13.2. The number of hydrogen-bond donors (Lipinski definition) is 2. The maximum absolute atomic E-state index is 12.9. The van der Waals surface area contributed by atoms with Crippen LogP contribution in [-0.4, -0.2) is 61.5 Å². The lowest BCUT2D eigenvalue weighted by Crippen LogP contribution is -2.37. The molecule has 0 aliphatic rings. The van der Waals surface area contributed by atoms with E-state index in [9.17, 15) is 14.4 Å². The van der Waals surface area contributed by atoms with Crippen LogP contribution in [-0.2, 0) is 20.9 Å². The molecule has 2 N–H and O–H groups in total. The van der Waals surface area contributed by atoms with Gasteiger partial charge in [0.05, 0.1) is 23.9 Å². The summed E-state index contributed by atoms with van der Waals surface area (Å²) < 4.78 is 11.0. The molecule has 0 unspecified atom stereocenters. The van der Waals surface area contributed by atoms with Crippen molar-refractivity contribution in [3.8, 4) is 5.75 Å². The van der Waals surface area contributed by atoms with Crippen molar-refractivity contribution in [1.82, 2.24) is 20.6 Å². The Morgan fingerprint density at radius 2 is 1.84 bits per heavy atom. The topological polar surface area (TPSA) is 123 Å². The van der Waals surface area contributed by atoms with Crippen LogP contribution >= 0.6 is 23.2 Å². The van der Waals surface area contributed by atoms with Crippen molar-refractivity contribution < 1.29 is 23.9 Å². The van der Waals surface area contributed by atoms with Gasteiger partial charge < -0.3 is 25.0 Å². The number of para-hydroxylation sites is 1. The highest BCUT2D eigenvalue weighted by molar-refractivity contribution is 6.38. The van der Waals surface area contributed by atoms with E-state index < -0.39 is 11.8 Å². The molecule has 2 aromatic carbocycles. The SMILES string of the molecule is COCCNC(=O)c1ccc(C=CC(=O)NCC(=O)N(C)c2ccc(Cl)c(COc3cccc4ccc(C)nc34)c2Cl)cn1. The minimum Gasteiger partial charge on any atom is -0.487 e. The number of aromatic nitrogens is 2. The molecule has 0 fully saturated rings. The second-order valence-corrected chi connectivity index (χ2v) is 10.4. The molecule has 0 spiro atoms. The van der Waals surface area contributed by atoms with Gasteiger partial charge in [0.25, 0.3) is 5.91 Å². The lowest BCUT2D eigenvalue weighted by Gasteiger charge is -2.21. The molecular formula is C32H31Cl2N5O5. The molecule has 10 nitrogen and oxygen atoms in total. The van der Waals surface area contributed by atoms with Crippen LogP contribution in [0.15, 0.2) is 66.9 Å². The molecule has 228 valence electrons. The van der Waals surface area contributed by atoms with Gasteiger partial charge in [0.2, 0.25) is 11.8 Å². The maximum atomic E-state index is 12.9. The van der Waals surface area contributed by atoms with Gasteiger partial charge in [-0.05, 0) is 48.9 Å². The molecule has 4 aromatic rings. The predicted octanol–water partition coefficient (Wildman–Crippen LogP) is 4.99. The van der Waals surface area contributed by atoms with Crippen molar-refractivity contribution in [1.29, 1.82) is 0 Å². The van der Waals surface area contributed by atoms with E-state index in [0.29, 0.717) is 40.7 Å². The number of halogens is 2. The highest BCUT2D eigenvalue weighted by Gasteiger charge is 2.19. The van der Waals surface area contributed by atoms with E-state index in [-0.39, 0.29) is 29.8 Å². The van der Waals surface area contributed by atoms with Gasteiger partial charge in [0.1, 0.15) is 23.6 Å². The fraction of sp³-hybridized carbons (Fsp3) is 0.219. The number of methoxy groups -OCH3 is 1. The highest BCUT2D eigenvalue weighted by atomic mass is 35.5. The summed E-state index contributed by atoms with van der Waals surface area (Å²) in [4.78, 5) is 47.4. The summed E-state index contributed by atoms with van der Waals surface area (Å²) in [5, 5.41) is 6.82. The van der Waals surface area contributed by atoms with E-state index in [1.54, 1.807) is 38.4 Å². The number of ether oxygens (including phenoxy) is 2. The zero-order valence-electron chi connectivity index (χ0n) is 24.4. The van der Waals surface area contributed by atoms with Crippen LogP contribution in [0.2, 0.25) is 10.0 Å². The summed E-state index contributed by atoms with van der Waals surface area (Å²) in [5.41, 5.74) is 3.35. The van der Waals surface area contributed by atoms with E-state index >= 15 is 0 Å². The summed E-state index contributed by atoms with van der Waals surface area (Å²) in [5.74, 6) is -0.625. The monoisotopic (exact) mass is 635 g/mol. The van der Waals surface area contributed by atoms with Crippen molar-refractivity contribution in [3.05, 3.63) is 99.4 Å². The quantitative estimate of drug-likeness (QED) is 0.166. The van der Waals surface area contributed by atoms with E-state index in [2.05, 4.69) is 20.6 Å². The third kappa shape index (κ3) is 8.31. The summed E-state index contributed by atoms with van der Waals surface area (Å²) in [6, 6.07) is 16.0. The number of aryl methyl sites for hydroxylation is 1. The number of pyridine rings is 2. The van der Waals surface area contributed by atoms with Gasteiger partial charge in [-0.15, -0.1) is 0 Å². The molecule has 0 atom stereocenters. The Morgan fingerprint density at radius 3 is 2.59 bits per heavy atom. The molecule has 0 aliphatic carbocycles. The Bertz CT molecular complexity index is 1700. The number of likely N-dealkylation sites (N-methyl/N-ethyl adjacent to an activating group) is 1. The van der Waals surface area contributed by atoms with Crippen LogP contribution in [0.3, 0.4) is 0 Å². The first-order chi connectivity index (χ1) is 21.2. The average molecular weight is 637 g/mol. The number of nitrogens with zero attached hydrogens (tertiary/aromatic N) is 3. The second-order valence-electron chi connectivity index (χ2n) is 9.66. The number of anilines is 1. The normalized spacial score (nSPS) is 11.0. The van der Waals surface area contributed by atoms with E-state index in [1.165, 1.54) is 23.2 Å². The number of amides is 3. The molecule has 2 heterocycles. The number of hydrogen-bond acceptors (Lipinski definition) is 7. The molecule has 0 radical (unpaired) electrons. The zero-order valence-corrected chi connectivity index (χ0v) is 25.9. The first kappa shape index (κ1) is 32.4. The Balaban J connectivity index is 1.34. The fourth-order valence-corrected chi connectivity index (χ4v) is 4.71. The smallest absolute Gasteiger partial charge is 0.269 e. The largest absolute Gasteiger partial charge is 0.487 e. The predicted molar refractivity (Wildman–Crippen MR) is 171 cm³/mol. The standard InChI is InChI=1S/C32H31Cl2N5O5/c1-20-7-10-22-5-4-6-27(31(22)38-20)44-19-23-24(33)11-13-26(30(23)34)39(2)29(41)18-37-28(40)14-9-21-8-12-25(36-17-21)32(42)35-15-16-43-3/h4-14,17H,15-16,18-19H2,1-3H3,(H,35,42)(H,37,40). The minimum atomic E-state index is -0.483. The fourth-order valence-electron chi connectivity index (χ4n) is 4.10. The van der Waals surface area contributed by atoms with Crippen LogP contribution in [0.25, 0.3) is 17.0 Å². The van der Waals surface area contributed by atoms with E-state index in [4.69, 9.17) is 32.7 Å². The summed E-state index contributed by atoms with van der Waals surface area (Å²) in [7, 11) is 3.10. The third-order valence-electron chi connectivity index (χ3n) is 6.55. The van der Waals surface area contributed by atoms with Crippen LogP contribution in [0.5, 0.6) is 5.75 Å². The van der Waals surface area contributed by atoms with Crippen LogP contribution in [0.1, 0.15) is 27.3 Å². The van der Waals surface area contributed by atoms with Crippen LogP contribution in [0, 0.1) is 6.92 Å². The van der Waals surface area contributed by atoms with E-state index in [0.717, 1.165) is 16.6 Å². The van der Waals surface area contributed by atoms with Gasteiger partial charge >= 0.3 is 0 Å². The molecule has 44 heavy (non-hydrogen) atoms. The zero-order chi connectivity index (χ0) is 31.6. The number of fused-ring (bicyclic) bond motifs is 1. The van der Waals surface area contributed by atoms with Gasteiger partial charge in [-0.1, -0.05) is 47.5 Å². The molecular weight excluding hydrogens is 605 g/mol. The number of nitrogens with one attached hydrogen (secondary N) is 2. The summed E-state index contributed by atoms with van der Waals surface area (Å²) in [6.07, 6.45) is 4.27. The Labute approximate surface area is 265 Å². The number of carbonyl (C=O) groups excluding carboxylic acids is 3. The molecule has 3 amide bonds. The molecule has 0 saturated carbocycles. The van der Waals surface area contributed by atoms with Gasteiger partial charge in [0, 0.05) is 54.6 Å². The minimum absolute atomic E-state index is 0.0537. The van der Waals surface area contributed by atoms with Crippen molar-refractivity contribution in [2.45, 2.75) is 13.5 Å². The lowest BCUT2D eigenvalue weighted by molar-refractivity contribution is -0.122. The molecule has 2 aromatic heterocycles. The highest BCUT2D eigenvalue weighted by Crippen LogP contribution is 2.35. The molecule has 0 saturated heterocycles. The Kier molecular flexibility index (Phi) is 11.3. The molecule has 4 rings (SSSR count). The van der Waals surface area contributed by atoms with Gasteiger partial charge in [-0.2, -0.15) is 0 Å². The van der Waals surface area contributed by atoms with Crippen LogP contribution < -0.4 is 20.3 Å². The number of benzene rings is 2. The van der Waals surface area contributed by atoms with Crippen molar-refractivity contribution >= 4 is 63.6 Å². The van der Waals surface area contributed by atoms with Crippen molar-refractivity contribution in [2.24, 2.45) is 0 Å². The number of rotatable bonds is 12. The van der Waals surface area contributed by atoms with Crippen molar-refractivity contribution in [3.63, 3.8) is 0 Å². The Hall–Kier alpha value is -4.51. The maximum Gasteiger partial charge on any atom is 0.269 e. The van der Waals surface area contributed by atoms with Gasteiger partial charge in [-0.25, -0.2) is 4.98 Å². The second kappa shape index (κ2) is 15.3. The van der Waals surface area contributed by atoms with Crippen LogP contribution in [0.4, 0.5) is 5.69 Å². The molecule has 12 heteroatoms. The summed E-state index contributed by atoms with van der Waals surface area (Å²) in [6.45, 7) is 2.45. The molecule has 0 aliphatic heterocycles. The van der Waals surface area contributed by atoms with E-state index in [1.807, 2.05) is 37.3 Å². The molecule has 0 bridgehead atoms. The first-order valence-corrected chi connectivity index (χ1v) is 14.3. The average Bonchev–Trinajstić information content (AvgIpc) is 3.02. The number of carbonyl (C=O) groups is 3.